The topological polar surface area (TPSA) is 41.6 Å². The number of nitrogens with zero attached hydrogens (tertiary/aromatic N) is 1. The van der Waals surface area contributed by atoms with Gasteiger partial charge in [0.2, 0.25) is 0 Å². The highest BCUT2D eigenvalue weighted by Crippen LogP contribution is 2.38. The van der Waals surface area contributed by atoms with Crippen LogP contribution in [0.2, 0.25) is 0 Å². The lowest BCUT2D eigenvalue weighted by atomic mass is 10.3. The van der Waals surface area contributed by atoms with E-state index in [2.05, 4.69) is 5.32 Å². The number of carbonyl (C=O) groups excluding carboxylic acids is 1. The summed E-state index contributed by atoms with van der Waals surface area (Å²) in [4.78, 5) is 12.4. The van der Waals surface area contributed by atoms with Crippen LogP contribution in [-0.4, -0.2) is 38.8 Å². The molecule has 2 amide bonds. The molecule has 0 aliphatic rings. The summed E-state index contributed by atoms with van der Waals surface area (Å²) in [6, 6.07) is 2.39. The van der Waals surface area contributed by atoms with Crippen molar-refractivity contribution in [3.05, 3.63) is 24.0 Å². The zero-order valence-electron chi connectivity index (χ0n) is 11.3. The average molecular weight is 326 g/mol. The van der Waals surface area contributed by atoms with Gasteiger partial charge in [-0.1, -0.05) is 0 Å². The van der Waals surface area contributed by atoms with Crippen molar-refractivity contribution in [2.24, 2.45) is 0 Å². The Bertz CT molecular complexity index is 497. The average Bonchev–Trinajstić information content (AvgIpc) is 2.36. The van der Waals surface area contributed by atoms with E-state index in [9.17, 15) is 22.4 Å². The highest BCUT2D eigenvalue weighted by molar-refractivity contribution is 8.00. The zero-order chi connectivity index (χ0) is 16.0. The highest BCUT2D eigenvalue weighted by atomic mass is 32.2. The summed E-state index contributed by atoms with van der Waals surface area (Å²) in [5.74, 6) is -0.909. The van der Waals surface area contributed by atoms with Crippen LogP contribution in [0.3, 0.4) is 0 Å². The molecule has 1 N–H and O–H groups in total. The minimum absolute atomic E-state index is 0.114. The van der Waals surface area contributed by atoms with Gasteiger partial charge in [-0.15, -0.1) is 0 Å². The third-order valence-corrected chi connectivity index (χ3v) is 3.12. The van der Waals surface area contributed by atoms with Gasteiger partial charge in [0.25, 0.3) is 0 Å². The third-order valence-electron chi connectivity index (χ3n) is 2.40. The fourth-order valence-electron chi connectivity index (χ4n) is 1.44. The number of anilines is 1. The zero-order valence-corrected chi connectivity index (χ0v) is 12.1. The Kier molecular flexibility index (Phi) is 6.28. The first kappa shape index (κ1) is 17.6. The van der Waals surface area contributed by atoms with Crippen molar-refractivity contribution in [2.45, 2.75) is 10.4 Å². The summed E-state index contributed by atoms with van der Waals surface area (Å²) in [7, 11) is 2.78. The van der Waals surface area contributed by atoms with Crippen LogP contribution in [0.25, 0.3) is 0 Å². The number of alkyl halides is 3. The lowest BCUT2D eigenvalue weighted by Gasteiger charge is -2.19. The molecule has 0 aromatic heterocycles. The number of urea groups is 1. The van der Waals surface area contributed by atoms with Crippen molar-refractivity contribution in [3.8, 4) is 0 Å². The van der Waals surface area contributed by atoms with E-state index in [1.165, 1.54) is 14.2 Å². The van der Waals surface area contributed by atoms with E-state index in [1.807, 2.05) is 0 Å². The summed E-state index contributed by atoms with van der Waals surface area (Å²) in [5, 5.41) is 2.47. The number of nitrogens with one attached hydrogen (secondary N) is 1. The molecule has 9 heteroatoms. The monoisotopic (exact) mass is 326 g/mol. The van der Waals surface area contributed by atoms with E-state index in [0.717, 1.165) is 23.1 Å². The van der Waals surface area contributed by atoms with E-state index >= 15 is 0 Å². The van der Waals surface area contributed by atoms with Gasteiger partial charge in [0.1, 0.15) is 5.82 Å². The Hall–Kier alpha value is -1.48. The van der Waals surface area contributed by atoms with Crippen LogP contribution >= 0.6 is 11.8 Å². The van der Waals surface area contributed by atoms with Crippen LogP contribution in [0.4, 0.5) is 28.0 Å². The molecule has 4 nitrogen and oxygen atoms in total. The van der Waals surface area contributed by atoms with E-state index in [4.69, 9.17) is 4.74 Å². The van der Waals surface area contributed by atoms with Crippen molar-refractivity contribution in [1.82, 2.24) is 5.32 Å². The Labute approximate surface area is 123 Å². The number of methoxy groups -OCH3 is 1. The smallest absolute Gasteiger partial charge is 0.383 e. The minimum Gasteiger partial charge on any atom is -0.383 e. The molecule has 0 spiro atoms. The Morgan fingerprint density at radius 2 is 2.10 bits per heavy atom. The molecule has 0 unspecified atom stereocenters. The molecule has 0 aliphatic heterocycles. The van der Waals surface area contributed by atoms with Gasteiger partial charge in [0.05, 0.1) is 12.3 Å². The van der Waals surface area contributed by atoms with E-state index in [1.54, 1.807) is 0 Å². The summed E-state index contributed by atoms with van der Waals surface area (Å²) in [6.45, 7) is 0.534. The third kappa shape index (κ3) is 5.80. The predicted molar refractivity (Wildman–Crippen MR) is 72.0 cm³/mol. The summed E-state index contributed by atoms with van der Waals surface area (Å²) >= 11 is -0.415. The fraction of sp³-hybridized carbons (Fsp3) is 0.417. The van der Waals surface area contributed by atoms with E-state index in [-0.39, 0.29) is 17.1 Å². The summed E-state index contributed by atoms with van der Waals surface area (Å²) in [6.07, 6.45) is 0. The van der Waals surface area contributed by atoms with Crippen LogP contribution in [-0.2, 0) is 4.74 Å². The maximum Gasteiger partial charge on any atom is 0.446 e. The normalized spacial score (nSPS) is 11.3. The molecule has 1 aromatic rings. The molecule has 0 fully saturated rings. The van der Waals surface area contributed by atoms with Gasteiger partial charge in [-0.3, -0.25) is 4.90 Å². The maximum atomic E-state index is 13.8. The van der Waals surface area contributed by atoms with Crippen molar-refractivity contribution < 1.29 is 27.1 Å². The van der Waals surface area contributed by atoms with Crippen molar-refractivity contribution in [3.63, 3.8) is 0 Å². The van der Waals surface area contributed by atoms with Gasteiger partial charge in [-0.2, -0.15) is 13.2 Å². The number of hydrogen-bond acceptors (Lipinski definition) is 3. The first-order valence-electron chi connectivity index (χ1n) is 5.80. The standard InChI is InChI=1S/C12H14F4N2O2S/c1-18(11(19)17-5-6-20-2)10-4-3-8(7-9(10)13)21-12(14,15)16/h3-4,7H,5-6H2,1-2H3,(H,17,19). The predicted octanol–water partition coefficient (Wildman–Crippen LogP) is 3.23. The first-order valence-corrected chi connectivity index (χ1v) is 6.62. The van der Waals surface area contributed by atoms with E-state index < -0.39 is 29.1 Å². The van der Waals surface area contributed by atoms with E-state index in [0.29, 0.717) is 6.61 Å². The second-order valence-corrected chi connectivity index (χ2v) is 5.08. The number of thioether (sulfide) groups is 1. The molecule has 0 heterocycles. The van der Waals surface area contributed by atoms with Gasteiger partial charge in [-0.25, -0.2) is 9.18 Å². The number of ether oxygens (including phenoxy) is 1. The lowest BCUT2D eigenvalue weighted by molar-refractivity contribution is -0.0328. The Balaban J connectivity index is 2.77. The number of halogens is 4. The van der Waals surface area contributed by atoms with Gasteiger partial charge in [0, 0.05) is 25.6 Å². The molecule has 1 aromatic carbocycles. The van der Waals surface area contributed by atoms with Crippen molar-refractivity contribution in [1.29, 1.82) is 0 Å². The van der Waals surface area contributed by atoms with Crippen LogP contribution < -0.4 is 10.2 Å². The van der Waals surface area contributed by atoms with Crippen molar-refractivity contribution in [2.75, 3.05) is 32.2 Å². The molecule has 0 radical (unpaired) electrons. The first-order chi connectivity index (χ1) is 9.74. The molecule has 0 saturated heterocycles. The van der Waals surface area contributed by atoms with Crippen LogP contribution in [0, 0.1) is 5.82 Å². The molecule has 21 heavy (non-hydrogen) atoms. The maximum absolute atomic E-state index is 13.8. The molecule has 1 rings (SSSR count). The molecule has 0 atom stereocenters. The second-order valence-electron chi connectivity index (χ2n) is 3.94. The van der Waals surface area contributed by atoms with Crippen LogP contribution in [0.5, 0.6) is 0 Å². The molecule has 0 bridgehead atoms. The number of carbonyl (C=O) groups is 1. The van der Waals surface area contributed by atoms with Gasteiger partial charge in [0.15, 0.2) is 0 Å². The molecular formula is C12H14F4N2O2S. The molecule has 0 saturated carbocycles. The number of rotatable bonds is 5. The highest BCUT2D eigenvalue weighted by Gasteiger charge is 2.29. The Morgan fingerprint density at radius 3 is 2.62 bits per heavy atom. The van der Waals surface area contributed by atoms with Crippen molar-refractivity contribution >= 4 is 23.5 Å². The van der Waals surface area contributed by atoms with Gasteiger partial charge in [-0.05, 0) is 30.0 Å². The molecule has 118 valence electrons. The lowest BCUT2D eigenvalue weighted by Crippen LogP contribution is -2.39. The molecule has 0 aliphatic carbocycles. The number of hydrogen-bond donors (Lipinski definition) is 1. The van der Waals surface area contributed by atoms with Gasteiger partial charge >= 0.3 is 11.5 Å². The summed E-state index contributed by atoms with van der Waals surface area (Å²) < 4.78 is 55.1. The fourth-order valence-corrected chi connectivity index (χ4v) is 2.01. The Morgan fingerprint density at radius 1 is 1.43 bits per heavy atom. The number of benzene rings is 1. The quantitative estimate of drug-likeness (QED) is 0.513. The van der Waals surface area contributed by atoms with Crippen LogP contribution in [0.1, 0.15) is 0 Å². The second kappa shape index (κ2) is 7.51. The number of amides is 2. The summed E-state index contributed by atoms with van der Waals surface area (Å²) in [5.41, 5.74) is -4.60. The SMILES string of the molecule is COCCNC(=O)N(C)c1ccc(SC(F)(F)F)cc1F. The van der Waals surface area contributed by atoms with Gasteiger partial charge < -0.3 is 10.1 Å². The van der Waals surface area contributed by atoms with Crippen LogP contribution in [0.15, 0.2) is 23.1 Å². The minimum atomic E-state index is -4.49. The largest absolute Gasteiger partial charge is 0.446 e. The molecular weight excluding hydrogens is 312 g/mol.